The molecule has 20 heavy (non-hydrogen) atoms. The highest BCUT2D eigenvalue weighted by atomic mass is 16.6. The van der Waals surface area contributed by atoms with E-state index in [1.165, 1.54) is 12.3 Å². The Morgan fingerprint density at radius 3 is 2.60 bits per heavy atom. The smallest absolute Gasteiger partial charge is 0.276 e. The van der Waals surface area contributed by atoms with Crippen molar-refractivity contribution in [2.24, 2.45) is 0 Å². The molecule has 0 aliphatic rings. The van der Waals surface area contributed by atoms with E-state index in [-0.39, 0.29) is 12.3 Å². The Balaban J connectivity index is 2.32. The fourth-order valence-electron chi connectivity index (χ4n) is 1.81. The molecule has 0 spiro atoms. The quantitative estimate of drug-likeness (QED) is 0.684. The summed E-state index contributed by atoms with van der Waals surface area (Å²) in [6, 6.07) is 6.39. The van der Waals surface area contributed by atoms with Crippen molar-refractivity contribution in [2.45, 2.75) is 20.5 Å². The molecule has 1 heterocycles. The van der Waals surface area contributed by atoms with Crippen LogP contribution in [-0.2, 0) is 6.61 Å². The molecule has 1 aromatic carbocycles. The van der Waals surface area contributed by atoms with Crippen molar-refractivity contribution in [1.82, 2.24) is 4.98 Å². The number of rotatable bonds is 4. The molecule has 1 aromatic heterocycles. The molecule has 2 aromatic rings. The molecular formula is C14H14N2O4. The third kappa shape index (κ3) is 2.92. The number of aromatic nitrogens is 1. The van der Waals surface area contributed by atoms with E-state index in [1.807, 2.05) is 6.92 Å². The predicted octanol–water partition coefficient (Wildman–Crippen LogP) is 2.89. The largest absolute Gasteiger partial charge is 0.439 e. The van der Waals surface area contributed by atoms with Crippen molar-refractivity contribution >= 4 is 5.69 Å². The lowest BCUT2D eigenvalue weighted by Gasteiger charge is -2.09. The van der Waals surface area contributed by atoms with Gasteiger partial charge in [0, 0.05) is 17.8 Å². The number of nitrogens with zero attached hydrogens (tertiary/aromatic N) is 2. The van der Waals surface area contributed by atoms with Crippen LogP contribution in [0.25, 0.3) is 0 Å². The first kappa shape index (κ1) is 14.0. The van der Waals surface area contributed by atoms with E-state index < -0.39 is 4.92 Å². The summed E-state index contributed by atoms with van der Waals surface area (Å²) < 4.78 is 5.56. The van der Waals surface area contributed by atoms with Gasteiger partial charge in [-0.25, -0.2) is 4.98 Å². The molecule has 0 fully saturated rings. The van der Waals surface area contributed by atoms with Crippen LogP contribution in [-0.4, -0.2) is 15.0 Å². The molecule has 0 saturated heterocycles. The highest BCUT2D eigenvalue weighted by Gasteiger charge is 2.15. The molecule has 2 rings (SSSR count). The molecule has 0 saturated carbocycles. The second-order valence-corrected chi connectivity index (χ2v) is 4.43. The summed E-state index contributed by atoms with van der Waals surface area (Å²) >= 11 is 0. The number of nitro benzene ring substituents is 1. The van der Waals surface area contributed by atoms with Crippen LogP contribution in [0.15, 0.2) is 30.5 Å². The van der Waals surface area contributed by atoms with Gasteiger partial charge in [-0.2, -0.15) is 0 Å². The summed E-state index contributed by atoms with van der Waals surface area (Å²) in [5.74, 6) is 0.718. The summed E-state index contributed by atoms with van der Waals surface area (Å²) in [5, 5.41) is 19.9. The molecular weight excluding hydrogens is 260 g/mol. The van der Waals surface area contributed by atoms with Gasteiger partial charge in [0.05, 0.1) is 17.6 Å². The van der Waals surface area contributed by atoms with Crippen LogP contribution < -0.4 is 4.74 Å². The van der Waals surface area contributed by atoms with Crippen molar-refractivity contribution in [1.29, 1.82) is 0 Å². The van der Waals surface area contributed by atoms with Crippen LogP contribution in [0.5, 0.6) is 11.6 Å². The van der Waals surface area contributed by atoms with Crippen molar-refractivity contribution in [3.8, 4) is 11.6 Å². The fourth-order valence-corrected chi connectivity index (χ4v) is 1.81. The van der Waals surface area contributed by atoms with Gasteiger partial charge in [-0.05, 0) is 37.1 Å². The van der Waals surface area contributed by atoms with E-state index in [0.717, 1.165) is 5.56 Å². The van der Waals surface area contributed by atoms with Crippen molar-refractivity contribution in [3.05, 3.63) is 57.3 Å². The van der Waals surface area contributed by atoms with Crippen LogP contribution in [0, 0.1) is 24.0 Å². The third-order valence-corrected chi connectivity index (χ3v) is 2.88. The lowest BCUT2D eigenvalue weighted by Crippen LogP contribution is -1.96. The van der Waals surface area contributed by atoms with Gasteiger partial charge in [0.1, 0.15) is 5.75 Å². The van der Waals surface area contributed by atoms with Crippen molar-refractivity contribution in [3.63, 3.8) is 0 Å². The second-order valence-electron chi connectivity index (χ2n) is 4.43. The molecule has 1 N–H and O–H groups in total. The number of ether oxygens (including phenoxy) is 1. The number of pyridine rings is 1. The molecule has 6 heteroatoms. The monoisotopic (exact) mass is 274 g/mol. The minimum absolute atomic E-state index is 0.0116. The van der Waals surface area contributed by atoms with Gasteiger partial charge in [0.15, 0.2) is 0 Å². The maximum atomic E-state index is 10.9. The topological polar surface area (TPSA) is 85.5 Å². The Bertz CT molecular complexity index is 638. The molecule has 104 valence electrons. The number of hydrogen-bond acceptors (Lipinski definition) is 5. The zero-order valence-electron chi connectivity index (χ0n) is 11.2. The Labute approximate surface area is 115 Å². The lowest BCUT2D eigenvalue weighted by molar-refractivity contribution is -0.385. The summed E-state index contributed by atoms with van der Waals surface area (Å²) in [5.41, 5.74) is 2.06. The molecule has 0 amide bonds. The average Bonchev–Trinajstić information content (AvgIpc) is 2.42. The van der Waals surface area contributed by atoms with Crippen LogP contribution >= 0.6 is 0 Å². The van der Waals surface area contributed by atoms with Crippen LogP contribution in [0.2, 0.25) is 0 Å². The van der Waals surface area contributed by atoms with E-state index in [4.69, 9.17) is 9.84 Å². The summed E-state index contributed by atoms with van der Waals surface area (Å²) in [7, 11) is 0. The average molecular weight is 274 g/mol. The van der Waals surface area contributed by atoms with E-state index >= 15 is 0 Å². The molecule has 0 unspecified atom stereocenters. The van der Waals surface area contributed by atoms with Crippen LogP contribution in [0.3, 0.4) is 0 Å². The first-order valence-corrected chi connectivity index (χ1v) is 6.00. The first-order valence-electron chi connectivity index (χ1n) is 6.00. The summed E-state index contributed by atoms with van der Waals surface area (Å²) in [6.45, 7) is 3.40. The number of aryl methyl sites for hydroxylation is 2. The van der Waals surface area contributed by atoms with Gasteiger partial charge in [0.2, 0.25) is 5.88 Å². The van der Waals surface area contributed by atoms with Gasteiger partial charge in [0.25, 0.3) is 5.69 Å². The summed E-state index contributed by atoms with van der Waals surface area (Å²) in [4.78, 5) is 14.5. The Morgan fingerprint density at radius 1 is 1.30 bits per heavy atom. The molecule has 6 nitrogen and oxygen atoms in total. The SMILES string of the molecule is Cc1cc(C)c([N+](=O)[O-])cc1Oc1ccc(CO)cn1. The van der Waals surface area contributed by atoms with Crippen molar-refractivity contribution in [2.75, 3.05) is 0 Å². The predicted molar refractivity (Wildman–Crippen MR) is 72.8 cm³/mol. The standard InChI is InChI=1S/C14H14N2O4/c1-9-5-10(2)13(6-12(9)16(18)19)20-14-4-3-11(8-17)7-15-14/h3-7,17H,8H2,1-2H3. The highest BCUT2D eigenvalue weighted by Crippen LogP contribution is 2.30. The van der Waals surface area contributed by atoms with E-state index in [2.05, 4.69) is 4.98 Å². The number of aliphatic hydroxyl groups is 1. The van der Waals surface area contributed by atoms with Gasteiger partial charge in [-0.1, -0.05) is 0 Å². The van der Waals surface area contributed by atoms with Gasteiger partial charge >= 0.3 is 0 Å². The third-order valence-electron chi connectivity index (χ3n) is 2.88. The minimum atomic E-state index is -0.441. The highest BCUT2D eigenvalue weighted by molar-refractivity contribution is 5.50. The van der Waals surface area contributed by atoms with E-state index in [0.29, 0.717) is 22.8 Å². The first-order chi connectivity index (χ1) is 9.51. The number of aliphatic hydroxyl groups excluding tert-OH is 1. The summed E-state index contributed by atoms with van der Waals surface area (Å²) in [6.07, 6.45) is 1.49. The zero-order chi connectivity index (χ0) is 14.7. The molecule has 0 aliphatic carbocycles. The molecule has 0 bridgehead atoms. The van der Waals surface area contributed by atoms with E-state index in [9.17, 15) is 10.1 Å². The lowest BCUT2D eigenvalue weighted by atomic mass is 10.1. The van der Waals surface area contributed by atoms with E-state index in [1.54, 1.807) is 25.1 Å². The second kappa shape index (κ2) is 5.66. The number of nitro groups is 1. The zero-order valence-corrected chi connectivity index (χ0v) is 11.2. The van der Waals surface area contributed by atoms with Crippen LogP contribution in [0.4, 0.5) is 5.69 Å². The maximum absolute atomic E-state index is 10.9. The maximum Gasteiger partial charge on any atom is 0.276 e. The number of benzene rings is 1. The Hall–Kier alpha value is -2.47. The van der Waals surface area contributed by atoms with Gasteiger partial charge < -0.3 is 9.84 Å². The van der Waals surface area contributed by atoms with Crippen LogP contribution in [0.1, 0.15) is 16.7 Å². The Morgan fingerprint density at radius 2 is 2.05 bits per heavy atom. The van der Waals surface area contributed by atoms with Gasteiger partial charge in [-0.3, -0.25) is 10.1 Å². The normalized spacial score (nSPS) is 10.3. The molecule has 0 radical (unpaired) electrons. The van der Waals surface area contributed by atoms with Crippen molar-refractivity contribution < 1.29 is 14.8 Å². The molecule has 0 aliphatic heterocycles. The number of hydrogen-bond donors (Lipinski definition) is 1. The van der Waals surface area contributed by atoms with Gasteiger partial charge in [-0.15, -0.1) is 0 Å². The molecule has 0 atom stereocenters. The fraction of sp³-hybridized carbons (Fsp3) is 0.214. The Kier molecular flexibility index (Phi) is 3.95. The minimum Gasteiger partial charge on any atom is -0.439 e.